The van der Waals surface area contributed by atoms with E-state index >= 15 is 0 Å². The van der Waals surface area contributed by atoms with Crippen LogP contribution in [-0.4, -0.2) is 4.98 Å². The molecule has 78 valence electrons. The zero-order chi connectivity index (χ0) is 11.4. The first-order valence-electron chi connectivity index (χ1n) is 4.75. The number of nitrogens with zero attached hydrogens (tertiary/aromatic N) is 1. The maximum Gasteiger partial charge on any atom is 0.137 e. The molecular formula is C13H9BrN2. The van der Waals surface area contributed by atoms with E-state index in [2.05, 4.69) is 32.8 Å². The summed E-state index contributed by atoms with van der Waals surface area (Å²) in [4.78, 5) is 4.21. The second-order valence-corrected chi connectivity index (χ2v) is 4.00. The van der Waals surface area contributed by atoms with Crippen molar-refractivity contribution >= 4 is 21.6 Å². The number of hydrogen-bond acceptors (Lipinski definition) is 2. The molecule has 2 nitrogen and oxygen atoms in total. The Bertz CT molecular complexity index is 553. The molecule has 0 atom stereocenters. The van der Waals surface area contributed by atoms with Gasteiger partial charge in [-0.05, 0) is 46.1 Å². The summed E-state index contributed by atoms with van der Waals surface area (Å²) >= 11 is 3.29. The van der Waals surface area contributed by atoms with E-state index in [-0.39, 0.29) is 0 Å². The van der Waals surface area contributed by atoms with E-state index in [0.29, 0.717) is 11.4 Å². The summed E-state index contributed by atoms with van der Waals surface area (Å²) in [7, 11) is 0. The van der Waals surface area contributed by atoms with E-state index in [1.54, 1.807) is 12.1 Å². The van der Waals surface area contributed by atoms with Crippen LogP contribution in [0.3, 0.4) is 0 Å². The SMILES string of the molecule is Nc1ccc(Br)nc1C#Cc1ccccc1. The third-order valence-corrected chi connectivity index (χ3v) is 2.43. The van der Waals surface area contributed by atoms with Gasteiger partial charge in [-0.2, -0.15) is 0 Å². The molecule has 2 aromatic rings. The number of aromatic nitrogens is 1. The minimum Gasteiger partial charge on any atom is -0.396 e. The number of pyridine rings is 1. The second kappa shape index (κ2) is 4.82. The van der Waals surface area contributed by atoms with Gasteiger partial charge in [0.2, 0.25) is 0 Å². The number of nitrogens with two attached hydrogens (primary N) is 1. The highest BCUT2D eigenvalue weighted by Crippen LogP contribution is 2.12. The highest BCUT2D eigenvalue weighted by Gasteiger charge is 1.97. The average Bonchev–Trinajstić information content (AvgIpc) is 2.32. The summed E-state index contributed by atoms with van der Waals surface area (Å²) in [5, 5.41) is 0. The minimum absolute atomic E-state index is 0.589. The summed E-state index contributed by atoms with van der Waals surface area (Å²) in [6, 6.07) is 13.3. The summed E-state index contributed by atoms with van der Waals surface area (Å²) in [6.45, 7) is 0. The van der Waals surface area contributed by atoms with Crippen molar-refractivity contribution in [2.24, 2.45) is 0 Å². The van der Waals surface area contributed by atoms with Crippen LogP contribution in [0.1, 0.15) is 11.3 Å². The van der Waals surface area contributed by atoms with E-state index in [4.69, 9.17) is 5.73 Å². The van der Waals surface area contributed by atoms with E-state index in [9.17, 15) is 0 Å². The molecule has 0 amide bonds. The van der Waals surface area contributed by atoms with Crippen molar-refractivity contribution in [3.63, 3.8) is 0 Å². The van der Waals surface area contributed by atoms with E-state index in [0.717, 1.165) is 10.2 Å². The molecule has 2 N–H and O–H groups in total. The molecule has 16 heavy (non-hydrogen) atoms. The molecule has 0 aliphatic rings. The second-order valence-electron chi connectivity index (χ2n) is 3.19. The molecular weight excluding hydrogens is 264 g/mol. The summed E-state index contributed by atoms with van der Waals surface area (Å²) in [5.41, 5.74) is 7.90. The quantitative estimate of drug-likeness (QED) is 0.592. The smallest absolute Gasteiger partial charge is 0.137 e. The fraction of sp³-hybridized carbons (Fsp3) is 0. The molecule has 0 fully saturated rings. The van der Waals surface area contributed by atoms with Gasteiger partial charge in [0.15, 0.2) is 0 Å². The number of benzene rings is 1. The van der Waals surface area contributed by atoms with Crippen LogP contribution >= 0.6 is 15.9 Å². The van der Waals surface area contributed by atoms with Gasteiger partial charge >= 0.3 is 0 Å². The molecule has 1 heterocycles. The lowest BCUT2D eigenvalue weighted by atomic mass is 10.2. The normalized spacial score (nSPS) is 9.31. The van der Waals surface area contributed by atoms with Crippen LogP contribution in [0.25, 0.3) is 0 Å². The van der Waals surface area contributed by atoms with Gasteiger partial charge in [0.05, 0.1) is 5.69 Å². The molecule has 0 radical (unpaired) electrons. The van der Waals surface area contributed by atoms with E-state index in [1.807, 2.05) is 30.3 Å². The van der Waals surface area contributed by atoms with Crippen LogP contribution in [0, 0.1) is 11.8 Å². The van der Waals surface area contributed by atoms with E-state index in [1.165, 1.54) is 0 Å². The van der Waals surface area contributed by atoms with Crippen molar-refractivity contribution in [3.05, 3.63) is 58.3 Å². The van der Waals surface area contributed by atoms with Crippen molar-refractivity contribution in [1.29, 1.82) is 0 Å². The first kappa shape index (κ1) is 10.7. The third kappa shape index (κ3) is 2.62. The predicted molar refractivity (Wildman–Crippen MR) is 68.8 cm³/mol. The maximum atomic E-state index is 5.77. The van der Waals surface area contributed by atoms with Gasteiger partial charge in [0.25, 0.3) is 0 Å². The van der Waals surface area contributed by atoms with Crippen molar-refractivity contribution in [2.75, 3.05) is 5.73 Å². The Kier molecular flexibility index (Phi) is 3.23. The molecule has 2 rings (SSSR count). The topological polar surface area (TPSA) is 38.9 Å². The molecule has 0 saturated carbocycles. The summed E-state index contributed by atoms with van der Waals surface area (Å²) in [5.74, 6) is 5.97. The highest BCUT2D eigenvalue weighted by atomic mass is 79.9. The fourth-order valence-electron chi connectivity index (χ4n) is 1.20. The molecule has 1 aromatic carbocycles. The molecule has 0 aliphatic carbocycles. The molecule has 0 spiro atoms. The number of anilines is 1. The van der Waals surface area contributed by atoms with Crippen LogP contribution in [0.4, 0.5) is 5.69 Å². The van der Waals surface area contributed by atoms with E-state index < -0.39 is 0 Å². The molecule has 0 saturated heterocycles. The molecule has 3 heteroatoms. The van der Waals surface area contributed by atoms with Crippen molar-refractivity contribution in [3.8, 4) is 11.8 Å². The Morgan fingerprint density at radius 1 is 1.00 bits per heavy atom. The molecule has 0 aliphatic heterocycles. The highest BCUT2D eigenvalue weighted by molar-refractivity contribution is 9.10. The third-order valence-electron chi connectivity index (χ3n) is 1.99. The first-order valence-corrected chi connectivity index (χ1v) is 5.54. The monoisotopic (exact) mass is 272 g/mol. The zero-order valence-electron chi connectivity index (χ0n) is 8.44. The van der Waals surface area contributed by atoms with Gasteiger partial charge < -0.3 is 5.73 Å². The molecule has 0 bridgehead atoms. The van der Waals surface area contributed by atoms with Gasteiger partial charge in [0.1, 0.15) is 10.3 Å². The van der Waals surface area contributed by atoms with Crippen LogP contribution < -0.4 is 5.73 Å². The minimum atomic E-state index is 0.589. The lowest BCUT2D eigenvalue weighted by Gasteiger charge is -1.96. The number of hydrogen-bond donors (Lipinski definition) is 1. The molecule has 0 unspecified atom stereocenters. The van der Waals surface area contributed by atoms with Crippen LogP contribution in [-0.2, 0) is 0 Å². The Labute approximate surface area is 103 Å². The van der Waals surface area contributed by atoms with Gasteiger partial charge in [-0.1, -0.05) is 24.1 Å². The number of halogens is 1. The van der Waals surface area contributed by atoms with Gasteiger partial charge in [0, 0.05) is 5.56 Å². The van der Waals surface area contributed by atoms with Gasteiger partial charge in [-0.15, -0.1) is 0 Å². The van der Waals surface area contributed by atoms with Crippen LogP contribution in [0.2, 0.25) is 0 Å². The molecule has 1 aromatic heterocycles. The lowest BCUT2D eigenvalue weighted by molar-refractivity contribution is 1.25. The Morgan fingerprint density at radius 2 is 1.75 bits per heavy atom. The van der Waals surface area contributed by atoms with Crippen molar-refractivity contribution in [1.82, 2.24) is 4.98 Å². The standard InChI is InChI=1S/C13H9BrN2/c14-13-9-7-11(15)12(16-13)8-6-10-4-2-1-3-5-10/h1-5,7,9H,15H2. The zero-order valence-corrected chi connectivity index (χ0v) is 10.0. The van der Waals surface area contributed by atoms with Crippen molar-refractivity contribution in [2.45, 2.75) is 0 Å². The van der Waals surface area contributed by atoms with Gasteiger partial charge in [-0.3, -0.25) is 0 Å². The number of nitrogen functional groups attached to an aromatic ring is 1. The first-order chi connectivity index (χ1) is 7.75. The Balaban J connectivity index is 2.34. The van der Waals surface area contributed by atoms with Crippen LogP contribution in [0.5, 0.6) is 0 Å². The fourth-order valence-corrected chi connectivity index (χ4v) is 1.51. The number of rotatable bonds is 0. The summed E-state index contributed by atoms with van der Waals surface area (Å²) < 4.78 is 0.735. The van der Waals surface area contributed by atoms with Crippen molar-refractivity contribution < 1.29 is 0 Å². The lowest BCUT2D eigenvalue weighted by Crippen LogP contribution is -1.93. The predicted octanol–water partition coefficient (Wildman–Crippen LogP) is 2.83. The Morgan fingerprint density at radius 3 is 2.50 bits per heavy atom. The largest absolute Gasteiger partial charge is 0.396 e. The average molecular weight is 273 g/mol. The Hall–Kier alpha value is -1.79. The maximum absolute atomic E-state index is 5.77. The summed E-state index contributed by atoms with van der Waals surface area (Å²) in [6.07, 6.45) is 0. The van der Waals surface area contributed by atoms with Crippen LogP contribution in [0.15, 0.2) is 47.1 Å². The van der Waals surface area contributed by atoms with Gasteiger partial charge in [-0.25, -0.2) is 4.98 Å².